The van der Waals surface area contributed by atoms with Gasteiger partial charge in [0.05, 0.1) is 6.04 Å². The van der Waals surface area contributed by atoms with Gasteiger partial charge in [0, 0.05) is 23.7 Å². The quantitative estimate of drug-likeness (QED) is 0.212. The molecule has 2 aliphatic rings. The predicted octanol–water partition coefficient (Wildman–Crippen LogP) is 6.39. The largest absolute Gasteiger partial charge is 0.444 e. The average Bonchev–Trinajstić information content (AvgIpc) is 3.23. The minimum absolute atomic E-state index is 0.0508. The molecule has 0 bridgehead atoms. The van der Waals surface area contributed by atoms with E-state index in [4.69, 9.17) is 16.3 Å². The number of hydrogen-bond donors (Lipinski definition) is 2. The standard InChI is InChI=1S/C32H40ClN3O5S/c33-26-14-8-11-24(19-26)22-41-32(40)35-42-29(20-23-9-2-1-3-10-23)31(39)34-27(21-37)16-17-30(38)36-18-7-6-13-25-12-4-5-15-28(25)36/h4-5,8,11-12,14-15,19,21,23,27,29H,1-3,6-7,9-10,13,16-18,20,22H2,(H,34,39)(H,35,40)/t27-,29-/m0/s1. The SMILES string of the molecule is O=C[C@H](CCC(=O)N1CCCCc2ccccc21)NC(=O)[C@H](CC1CCCCC1)SNC(=O)OCc1cccc(Cl)c1. The second-order valence-corrected chi connectivity index (χ2v) is 12.5. The van der Waals surface area contributed by atoms with Crippen molar-refractivity contribution in [3.8, 4) is 0 Å². The molecule has 8 nitrogen and oxygen atoms in total. The van der Waals surface area contributed by atoms with Crippen molar-refractivity contribution in [3.63, 3.8) is 0 Å². The van der Waals surface area contributed by atoms with E-state index in [0.29, 0.717) is 30.2 Å². The van der Waals surface area contributed by atoms with Gasteiger partial charge in [-0.3, -0.25) is 14.3 Å². The minimum Gasteiger partial charge on any atom is -0.444 e. The first kappa shape index (κ1) is 31.9. The van der Waals surface area contributed by atoms with Crippen molar-refractivity contribution in [1.29, 1.82) is 0 Å². The Balaban J connectivity index is 1.31. The Morgan fingerprint density at radius 1 is 1.05 bits per heavy atom. The number of carbonyl (C=O) groups is 4. The molecule has 0 radical (unpaired) electrons. The van der Waals surface area contributed by atoms with Crippen LogP contribution in [-0.2, 0) is 32.1 Å². The fourth-order valence-electron chi connectivity index (χ4n) is 5.67. The molecule has 0 saturated heterocycles. The van der Waals surface area contributed by atoms with Crippen LogP contribution >= 0.6 is 23.5 Å². The Morgan fingerprint density at radius 3 is 2.64 bits per heavy atom. The maximum absolute atomic E-state index is 13.4. The number of aryl methyl sites for hydroxylation is 1. The Kier molecular flexibility index (Phi) is 12.6. The number of benzene rings is 2. The molecule has 1 saturated carbocycles. The van der Waals surface area contributed by atoms with E-state index in [1.807, 2.05) is 29.2 Å². The molecule has 226 valence electrons. The van der Waals surface area contributed by atoms with Crippen molar-refractivity contribution in [2.45, 2.75) is 88.5 Å². The van der Waals surface area contributed by atoms with E-state index < -0.39 is 17.4 Å². The second kappa shape index (κ2) is 16.6. The zero-order chi connectivity index (χ0) is 29.7. The second-order valence-electron chi connectivity index (χ2n) is 11.1. The van der Waals surface area contributed by atoms with Gasteiger partial charge >= 0.3 is 6.09 Å². The van der Waals surface area contributed by atoms with Gasteiger partial charge in [0.1, 0.15) is 18.1 Å². The van der Waals surface area contributed by atoms with Gasteiger partial charge < -0.3 is 19.7 Å². The summed E-state index contributed by atoms with van der Waals surface area (Å²) in [7, 11) is 0. The van der Waals surface area contributed by atoms with Crippen LogP contribution < -0.4 is 14.9 Å². The van der Waals surface area contributed by atoms with E-state index in [9.17, 15) is 19.2 Å². The summed E-state index contributed by atoms with van der Waals surface area (Å²) in [5, 5.41) is 2.79. The summed E-state index contributed by atoms with van der Waals surface area (Å²) < 4.78 is 7.95. The molecule has 1 heterocycles. The number of rotatable bonds is 12. The summed E-state index contributed by atoms with van der Waals surface area (Å²) in [5.41, 5.74) is 2.85. The third-order valence-corrected chi connectivity index (χ3v) is 9.14. The van der Waals surface area contributed by atoms with Crippen LogP contribution in [0.2, 0.25) is 5.02 Å². The fourth-order valence-corrected chi connectivity index (χ4v) is 6.73. The van der Waals surface area contributed by atoms with Crippen LogP contribution in [0, 0.1) is 5.92 Å². The van der Waals surface area contributed by atoms with E-state index in [1.165, 1.54) is 6.42 Å². The molecule has 1 aliphatic heterocycles. The third kappa shape index (κ3) is 9.76. The Bertz CT molecular complexity index is 1220. The number of halogens is 1. The van der Waals surface area contributed by atoms with Crippen LogP contribution in [0.1, 0.15) is 75.3 Å². The molecule has 4 rings (SSSR count). The van der Waals surface area contributed by atoms with Crippen molar-refractivity contribution in [3.05, 3.63) is 64.7 Å². The normalized spacial score (nSPS) is 16.8. The lowest BCUT2D eigenvalue weighted by Crippen LogP contribution is -2.43. The van der Waals surface area contributed by atoms with Gasteiger partial charge in [-0.2, -0.15) is 0 Å². The summed E-state index contributed by atoms with van der Waals surface area (Å²) in [6.45, 7) is 0.697. The molecular weight excluding hydrogens is 574 g/mol. The van der Waals surface area contributed by atoms with Crippen LogP contribution in [0.3, 0.4) is 0 Å². The predicted molar refractivity (Wildman–Crippen MR) is 166 cm³/mol. The zero-order valence-corrected chi connectivity index (χ0v) is 25.5. The number of hydrogen-bond acceptors (Lipinski definition) is 6. The highest BCUT2D eigenvalue weighted by atomic mass is 35.5. The monoisotopic (exact) mass is 613 g/mol. The minimum atomic E-state index is -0.798. The lowest BCUT2D eigenvalue weighted by Gasteiger charge is -2.27. The van der Waals surface area contributed by atoms with E-state index in [2.05, 4.69) is 16.1 Å². The molecule has 3 amide bonds. The summed E-state index contributed by atoms with van der Waals surface area (Å²) in [6, 6.07) is 14.2. The third-order valence-electron chi connectivity index (χ3n) is 7.93. The summed E-state index contributed by atoms with van der Waals surface area (Å²) in [4.78, 5) is 52.8. The van der Waals surface area contributed by atoms with Crippen LogP contribution in [0.5, 0.6) is 0 Å². The zero-order valence-electron chi connectivity index (χ0n) is 23.9. The summed E-state index contributed by atoms with van der Waals surface area (Å²) in [6.07, 6.45) is 9.36. The number of fused-ring (bicyclic) bond motifs is 1. The lowest BCUT2D eigenvalue weighted by molar-refractivity contribution is -0.124. The average molecular weight is 614 g/mol. The molecule has 2 aromatic carbocycles. The fraction of sp³-hybridized carbons (Fsp3) is 0.500. The van der Waals surface area contributed by atoms with Crippen molar-refractivity contribution in [2.24, 2.45) is 5.92 Å². The van der Waals surface area contributed by atoms with Crippen molar-refractivity contribution >= 4 is 53.4 Å². The van der Waals surface area contributed by atoms with E-state index >= 15 is 0 Å². The van der Waals surface area contributed by atoms with E-state index in [1.54, 1.807) is 18.2 Å². The molecule has 1 fully saturated rings. The molecule has 0 spiro atoms. The van der Waals surface area contributed by atoms with Gasteiger partial charge in [0.15, 0.2) is 0 Å². The van der Waals surface area contributed by atoms with E-state index in [-0.39, 0.29) is 31.3 Å². The van der Waals surface area contributed by atoms with Gasteiger partial charge in [0.2, 0.25) is 11.8 Å². The van der Waals surface area contributed by atoms with Crippen LogP contribution in [-0.4, -0.2) is 42.0 Å². The van der Waals surface area contributed by atoms with Gasteiger partial charge in [-0.1, -0.05) is 74.0 Å². The van der Waals surface area contributed by atoms with Gasteiger partial charge in [0.25, 0.3) is 0 Å². The first-order valence-electron chi connectivity index (χ1n) is 14.9. The molecule has 2 N–H and O–H groups in total. The number of ether oxygens (including phenoxy) is 1. The van der Waals surface area contributed by atoms with Crippen LogP contribution in [0.15, 0.2) is 48.5 Å². The number of aldehydes is 1. The molecular formula is C32H40ClN3O5S. The van der Waals surface area contributed by atoms with Gasteiger partial charge in [-0.05, 0) is 79.3 Å². The maximum atomic E-state index is 13.4. The lowest BCUT2D eigenvalue weighted by atomic mass is 9.86. The van der Waals surface area contributed by atoms with Crippen LogP contribution in [0.4, 0.5) is 10.5 Å². The number of nitrogens with one attached hydrogen (secondary N) is 2. The molecule has 0 aromatic heterocycles. The van der Waals surface area contributed by atoms with Crippen molar-refractivity contribution < 1.29 is 23.9 Å². The first-order valence-corrected chi connectivity index (χ1v) is 16.2. The van der Waals surface area contributed by atoms with E-state index in [0.717, 1.165) is 73.7 Å². The molecule has 1 aliphatic carbocycles. The highest BCUT2D eigenvalue weighted by molar-refractivity contribution is 7.99. The topological polar surface area (TPSA) is 105 Å². The molecule has 2 atom stereocenters. The molecule has 0 unspecified atom stereocenters. The summed E-state index contributed by atoms with van der Waals surface area (Å²) in [5.74, 6) is -0.0151. The van der Waals surface area contributed by atoms with Crippen LogP contribution in [0.25, 0.3) is 0 Å². The Labute approximate surface area is 257 Å². The number of anilines is 1. The highest BCUT2D eigenvalue weighted by Crippen LogP contribution is 2.31. The molecule has 2 aromatic rings. The Morgan fingerprint density at radius 2 is 1.86 bits per heavy atom. The number of para-hydroxylation sites is 1. The Hall–Kier alpha value is -3.04. The first-order chi connectivity index (χ1) is 20.4. The van der Waals surface area contributed by atoms with Gasteiger partial charge in [-0.15, -0.1) is 0 Å². The van der Waals surface area contributed by atoms with Gasteiger partial charge in [-0.25, -0.2) is 4.79 Å². The van der Waals surface area contributed by atoms with Crippen molar-refractivity contribution in [1.82, 2.24) is 10.0 Å². The van der Waals surface area contributed by atoms with Crippen molar-refractivity contribution in [2.75, 3.05) is 11.4 Å². The number of carbonyl (C=O) groups excluding carboxylic acids is 4. The summed E-state index contributed by atoms with van der Waals surface area (Å²) >= 11 is 7.01. The smallest absolute Gasteiger partial charge is 0.417 e. The number of amides is 3. The maximum Gasteiger partial charge on any atom is 0.417 e. The molecule has 42 heavy (non-hydrogen) atoms. The number of nitrogens with zero attached hydrogens (tertiary/aromatic N) is 1. The molecule has 10 heteroatoms. The highest BCUT2D eigenvalue weighted by Gasteiger charge is 2.28.